The summed E-state index contributed by atoms with van der Waals surface area (Å²) in [4.78, 5) is 19.0. The molecular formula is C10H11N3O3. The Labute approximate surface area is 91.5 Å². The van der Waals surface area contributed by atoms with Crippen LogP contribution < -0.4 is 4.74 Å². The molecule has 84 valence electrons. The molecule has 2 heterocycles. The van der Waals surface area contributed by atoms with Crippen LogP contribution in [0.3, 0.4) is 0 Å². The van der Waals surface area contributed by atoms with Gasteiger partial charge < -0.3 is 14.4 Å². The van der Waals surface area contributed by atoms with E-state index in [1.54, 1.807) is 19.3 Å². The van der Waals surface area contributed by atoms with Gasteiger partial charge in [-0.3, -0.25) is 0 Å². The smallest absolute Gasteiger partial charge is 0.372 e. The molecule has 1 N–H and O–H groups in total. The van der Waals surface area contributed by atoms with Crippen molar-refractivity contribution in [1.29, 1.82) is 0 Å². The first-order chi connectivity index (χ1) is 7.65. The first-order valence-corrected chi connectivity index (χ1v) is 4.82. The Bertz CT molecular complexity index is 547. The summed E-state index contributed by atoms with van der Waals surface area (Å²) < 4.78 is 6.79. The van der Waals surface area contributed by atoms with Crippen LogP contribution >= 0.6 is 0 Å². The van der Waals surface area contributed by atoms with Crippen LogP contribution in [0.4, 0.5) is 0 Å². The maximum absolute atomic E-state index is 10.9. The summed E-state index contributed by atoms with van der Waals surface area (Å²) in [5, 5.41) is 8.94. The van der Waals surface area contributed by atoms with Gasteiger partial charge in [-0.15, -0.1) is 0 Å². The predicted octanol–water partition coefficient (Wildman–Crippen LogP) is 1.07. The van der Waals surface area contributed by atoms with Crippen molar-refractivity contribution in [2.75, 3.05) is 6.61 Å². The highest BCUT2D eigenvalue weighted by Gasteiger charge is 2.17. The van der Waals surface area contributed by atoms with Crippen LogP contribution in [0.2, 0.25) is 0 Å². The lowest BCUT2D eigenvalue weighted by molar-refractivity contribution is 0.0680. The molecule has 0 unspecified atom stereocenters. The predicted molar refractivity (Wildman–Crippen MR) is 56.6 cm³/mol. The average Bonchev–Trinajstić information content (AvgIpc) is 2.58. The first kappa shape index (κ1) is 10.4. The second-order valence-corrected chi connectivity index (χ2v) is 3.21. The summed E-state index contributed by atoms with van der Waals surface area (Å²) in [5.41, 5.74) is 0.979. The number of pyridine rings is 1. The highest BCUT2D eigenvalue weighted by Crippen LogP contribution is 2.23. The molecular weight excluding hydrogens is 210 g/mol. The third-order valence-electron chi connectivity index (χ3n) is 2.21. The van der Waals surface area contributed by atoms with Gasteiger partial charge in [-0.05, 0) is 6.92 Å². The number of imidazole rings is 1. The van der Waals surface area contributed by atoms with Gasteiger partial charge >= 0.3 is 5.97 Å². The Morgan fingerprint density at radius 3 is 3.00 bits per heavy atom. The van der Waals surface area contributed by atoms with E-state index in [9.17, 15) is 4.79 Å². The molecule has 0 saturated carbocycles. The lowest BCUT2D eigenvalue weighted by Gasteiger charge is -2.02. The van der Waals surface area contributed by atoms with Crippen LogP contribution in [0.25, 0.3) is 11.2 Å². The van der Waals surface area contributed by atoms with Crippen molar-refractivity contribution in [1.82, 2.24) is 14.5 Å². The normalized spacial score (nSPS) is 10.6. The molecule has 6 heteroatoms. The SMILES string of the molecule is CCOc1ccnc2c1nc(C(=O)O)n2C. The van der Waals surface area contributed by atoms with Gasteiger partial charge in [-0.1, -0.05) is 0 Å². The fourth-order valence-corrected chi connectivity index (χ4v) is 1.52. The largest absolute Gasteiger partial charge is 0.491 e. The Morgan fingerprint density at radius 1 is 1.62 bits per heavy atom. The molecule has 2 aromatic heterocycles. The van der Waals surface area contributed by atoms with E-state index in [4.69, 9.17) is 9.84 Å². The monoisotopic (exact) mass is 221 g/mol. The number of fused-ring (bicyclic) bond motifs is 1. The minimum absolute atomic E-state index is 0.0466. The molecule has 0 aliphatic carbocycles. The number of carboxylic acids is 1. The Morgan fingerprint density at radius 2 is 2.38 bits per heavy atom. The number of carboxylic acid groups (broad SMARTS) is 1. The van der Waals surface area contributed by atoms with Gasteiger partial charge in [0, 0.05) is 19.3 Å². The molecule has 2 aromatic rings. The zero-order valence-electron chi connectivity index (χ0n) is 8.97. The minimum atomic E-state index is -1.08. The van der Waals surface area contributed by atoms with E-state index in [0.717, 1.165) is 0 Å². The lowest BCUT2D eigenvalue weighted by atomic mass is 10.4. The summed E-state index contributed by atoms with van der Waals surface area (Å²) in [7, 11) is 1.61. The van der Waals surface area contributed by atoms with E-state index in [2.05, 4.69) is 9.97 Å². The van der Waals surface area contributed by atoms with Gasteiger partial charge in [0.2, 0.25) is 5.82 Å². The van der Waals surface area contributed by atoms with Crippen molar-refractivity contribution in [2.24, 2.45) is 7.05 Å². The summed E-state index contributed by atoms with van der Waals surface area (Å²) in [6.07, 6.45) is 1.57. The second-order valence-electron chi connectivity index (χ2n) is 3.21. The number of aryl methyl sites for hydroxylation is 1. The highest BCUT2D eigenvalue weighted by molar-refractivity contribution is 5.90. The van der Waals surface area contributed by atoms with Crippen molar-refractivity contribution in [3.8, 4) is 5.75 Å². The van der Waals surface area contributed by atoms with Crippen LogP contribution in [0.15, 0.2) is 12.3 Å². The molecule has 0 fully saturated rings. The number of ether oxygens (including phenoxy) is 1. The molecule has 6 nitrogen and oxygen atoms in total. The van der Waals surface area contributed by atoms with Crippen LogP contribution in [-0.4, -0.2) is 32.2 Å². The first-order valence-electron chi connectivity index (χ1n) is 4.82. The van der Waals surface area contributed by atoms with Gasteiger partial charge in [0.15, 0.2) is 11.2 Å². The van der Waals surface area contributed by atoms with Gasteiger partial charge in [0.1, 0.15) is 5.75 Å². The van der Waals surface area contributed by atoms with Gasteiger partial charge in [-0.2, -0.15) is 0 Å². The molecule has 0 aliphatic rings. The molecule has 2 rings (SSSR count). The molecule has 16 heavy (non-hydrogen) atoms. The average molecular weight is 221 g/mol. The Kier molecular flexibility index (Phi) is 2.47. The third kappa shape index (κ3) is 1.48. The fraction of sp³-hybridized carbons (Fsp3) is 0.300. The molecule has 0 aromatic carbocycles. The molecule has 0 bridgehead atoms. The molecule has 0 saturated heterocycles. The van der Waals surface area contributed by atoms with Gasteiger partial charge in [0.05, 0.1) is 6.61 Å². The van der Waals surface area contributed by atoms with Crippen LogP contribution in [-0.2, 0) is 7.05 Å². The Hall–Kier alpha value is -2.11. The molecule has 0 radical (unpaired) electrons. The topological polar surface area (TPSA) is 77.2 Å². The maximum atomic E-state index is 10.9. The summed E-state index contributed by atoms with van der Waals surface area (Å²) >= 11 is 0. The van der Waals surface area contributed by atoms with Gasteiger partial charge in [-0.25, -0.2) is 14.8 Å². The second kappa shape index (κ2) is 3.80. The zero-order valence-corrected chi connectivity index (χ0v) is 8.97. The van der Waals surface area contributed by atoms with Gasteiger partial charge in [0.25, 0.3) is 0 Å². The van der Waals surface area contributed by atoms with Crippen molar-refractivity contribution in [3.63, 3.8) is 0 Å². The van der Waals surface area contributed by atoms with Crippen LogP contribution in [0.1, 0.15) is 17.5 Å². The van der Waals surface area contributed by atoms with E-state index in [-0.39, 0.29) is 5.82 Å². The van der Waals surface area contributed by atoms with E-state index >= 15 is 0 Å². The number of hydrogen-bond acceptors (Lipinski definition) is 4. The van der Waals surface area contributed by atoms with Crippen LogP contribution in [0.5, 0.6) is 5.75 Å². The number of carbonyl (C=O) groups is 1. The zero-order chi connectivity index (χ0) is 11.7. The van der Waals surface area contributed by atoms with Crippen LogP contribution in [0, 0.1) is 0 Å². The highest BCUT2D eigenvalue weighted by atomic mass is 16.5. The van der Waals surface area contributed by atoms with Crippen molar-refractivity contribution < 1.29 is 14.6 Å². The van der Waals surface area contributed by atoms with Crippen molar-refractivity contribution >= 4 is 17.1 Å². The molecule has 0 spiro atoms. The number of nitrogens with zero attached hydrogens (tertiary/aromatic N) is 3. The maximum Gasteiger partial charge on any atom is 0.372 e. The molecule has 0 amide bonds. The van der Waals surface area contributed by atoms with E-state index < -0.39 is 5.97 Å². The number of rotatable bonds is 3. The number of hydrogen-bond donors (Lipinski definition) is 1. The van der Waals surface area contributed by atoms with E-state index in [1.807, 2.05) is 6.92 Å². The third-order valence-corrected chi connectivity index (χ3v) is 2.21. The van der Waals surface area contributed by atoms with Crippen molar-refractivity contribution in [3.05, 3.63) is 18.1 Å². The molecule has 0 atom stereocenters. The van der Waals surface area contributed by atoms with E-state index in [1.165, 1.54) is 4.57 Å². The fourth-order valence-electron chi connectivity index (χ4n) is 1.52. The summed E-state index contributed by atoms with van der Waals surface area (Å²) in [5.74, 6) is -0.576. The molecule has 0 aliphatic heterocycles. The van der Waals surface area contributed by atoms with Crippen molar-refractivity contribution in [2.45, 2.75) is 6.92 Å². The lowest BCUT2D eigenvalue weighted by Crippen LogP contribution is -2.05. The van der Waals surface area contributed by atoms with E-state index in [0.29, 0.717) is 23.5 Å². The summed E-state index contributed by atoms with van der Waals surface area (Å²) in [6, 6.07) is 1.67. The minimum Gasteiger partial charge on any atom is -0.491 e. The summed E-state index contributed by atoms with van der Waals surface area (Å²) in [6.45, 7) is 2.35. The Balaban J connectivity index is 2.70. The quantitative estimate of drug-likeness (QED) is 0.838. The standard InChI is InChI=1S/C10H11N3O3/c1-3-16-6-4-5-11-8-7(6)12-9(10(14)15)13(8)2/h4-5H,3H2,1-2H3,(H,14,15). The number of aromatic nitrogens is 3. The number of aromatic carboxylic acids is 1.